The molecule has 0 radical (unpaired) electrons. The van der Waals surface area contributed by atoms with Gasteiger partial charge in [0, 0.05) is 39.4 Å². The van der Waals surface area contributed by atoms with Crippen LogP contribution >= 0.6 is 0 Å². The number of anilines is 3. The van der Waals surface area contributed by atoms with Crippen LogP contribution in [0.1, 0.15) is 35.7 Å². The predicted molar refractivity (Wildman–Crippen MR) is 127 cm³/mol. The van der Waals surface area contributed by atoms with Crippen molar-refractivity contribution in [3.8, 4) is 0 Å². The van der Waals surface area contributed by atoms with Gasteiger partial charge in [0.1, 0.15) is 29.0 Å². The Morgan fingerprint density at radius 2 is 2.17 bits per heavy atom. The lowest BCUT2D eigenvalue weighted by Gasteiger charge is -2.36. The molecule has 1 aliphatic carbocycles. The molecule has 36 heavy (non-hydrogen) atoms. The van der Waals surface area contributed by atoms with Gasteiger partial charge in [-0.05, 0) is 25.0 Å². The van der Waals surface area contributed by atoms with Crippen molar-refractivity contribution in [3.63, 3.8) is 0 Å². The third-order valence-corrected chi connectivity index (χ3v) is 6.72. The summed E-state index contributed by atoms with van der Waals surface area (Å²) in [7, 11) is 3.25. The van der Waals surface area contributed by atoms with Crippen LogP contribution in [0.3, 0.4) is 0 Å². The summed E-state index contributed by atoms with van der Waals surface area (Å²) in [5.74, 6) is -2.85. The number of aromatic nitrogens is 4. The number of methoxy groups -OCH3 is 1. The Morgan fingerprint density at radius 1 is 1.33 bits per heavy atom. The van der Waals surface area contributed by atoms with Crippen LogP contribution in [-0.4, -0.2) is 70.5 Å². The summed E-state index contributed by atoms with van der Waals surface area (Å²) in [4.78, 5) is 30.5. The molecule has 0 unspecified atom stereocenters. The maximum atomic E-state index is 13.7. The maximum absolute atomic E-state index is 13.7. The molecular weight excluding hydrogens is 476 g/mol. The number of amides is 1. The number of fused-ring (bicyclic) bond motifs is 1. The van der Waals surface area contributed by atoms with Gasteiger partial charge in [-0.2, -0.15) is 9.61 Å². The van der Waals surface area contributed by atoms with E-state index in [0.717, 1.165) is 0 Å². The summed E-state index contributed by atoms with van der Waals surface area (Å²) in [6.45, 7) is 0.922. The number of pyridine rings is 1. The standard InChI is InChI=1S/C23H27F2N7O4/c1-26-19-10-18(28-14-4-3-8-31(22(14)34)15-6-9-36-12-16(15)35-2)30-20-13(11-27-32(19)20)21(33)29-17-5-7-23(17,24)25/h3-4,8,10-11,15-17,26H,5-7,9,12H2,1-2H3,(H,28,30)(H,29,33)/t15-,16+,17-/m0/s1. The lowest BCUT2D eigenvalue weighted by Crippen LogP contribution is -2.55. The summed E-state index contributed by atoms with van der Waals surface area (Å²) >= 11 is 0. The number of rotatable bonds is 7. The van der Waals surface area contributed by atoms with Crippen molar-refractivity contribution >= 4 is 28.9 Å². The highest BCUT2D eigenvalue weighted by Crippen LogP contribution is 2.37. The normalized spacial score (nSPS) is 23.2. The smallest absolute Gasteiger partial charge is 0.274 e. The Balaban J connectivity index is 1.46. The van der Waals surface area contributed by atoms with Gasteiger partial charge in [0.25, 0.3) is 17.4 Å². The first-order valence-electron chi connectivity index (χ1n) is 11.7. The highest BCUT2D eigenvalue weighted by Gasteiger charge is 2.49. The van der Waals surface area contributed by atoms with E-state index in [1.807, 2.05) is 0 Å². The lowest BCUT2D eigenvalue weighted by molar-refractivity contribution is -0.102. The van der Waals surface area contributed by atoms with Crippen molar-refractivity contribution in [3.05, 3.63) is 46.5 Å². The van der Waals surface area contributed by atoms with E-state index in [0.29, 0.717) is 25.5 Å². The Morgan fingerprint density at radius 3 is 2.86 bits per heavy atom. The number of nitrogens with zero attached hydrogens (tertiary/aromatic N) is 4. The minimum Gasteiger partial charge on any atom is -0.379 e. The zero-order chi connectivity index (χ0) is 25.4. The van der Waals surface area contributed by atoms with Crippen LogP contribution < -0.4 is 21.5 Å². The molecule has 3 atom stereocenters. The molecule has 3 aromatic heterocycles. The van der Waals surface area contributed by atoms with E-state index in [1.54, 1.807) is 43.1 Å². The number of hydrogen-bond donors (Lipinski definition) is 3. The first-order chi connectivity index (χ1) is 17.3. The Bertz CT molecular complexity index is 1340. The zero-order valence-electron chi connectivity index (χ0n) is 19.8. The van der Waals surface area contributed by atoms with Gasteiger partial charge in [-0.3, -0.25) is 9.59 Å². The molecule has 1 amide bonds. The topological polar surface area (TPSA) is 124 Å². The van der Waals surface area contributed by atoms with Crippen LogP contribution in [0.25, 0.3) is 5.65 Å². The first-order valence-corrected chi connectivity index (χ1v) is 11.7. The second kappa shape index (κ2) is 9.47. The number of carbonyl (C=O) groups is 1. The van der Waals surface area contributed by atoms with E-state index in [1.165, 1.54) is 10.7 Å². The molecule has 3 N–H and O–H groups in total. The molecule has 1 aliphatic heterocycles. The number of halogens is 2. The maximum Gasteiger partial charge on any atom is 0.274 e. The highest BCUT2D eigenvalue weighted by molar-refractivity contribution is 6.00. The summed E-state index contributed by atoms with van der Waals surface area (Å²) in [6.07, 6.45) is 3.32. The molecule has 2 fully saturated rings. The van der Waals surface area contributed by atoms with Crippen LogP contribution in [0.5, 0.6) is 0 Å². The molecule has 3 aromatic rings. The van der Waals surface area contributed by atoms with E-state index >= 15 is 0 Å². The first kappa shape index (κ1) is 24.1. The van der Waals surface area contributed by atoms with Crippen LogP contribution in [0.15, 0.2) is 35.4 Å². The number of alkyl halides is 2. The Labute approximate surface area is 204 Å². The largest absolute Gasteiger partial charge is 0.379 e. The fourth-order valence-electron chi connectivity index (χ4n) is 4.53. The lowest BCUT2D eigenvalue weighted by atomic mass is 9.88. The fourth-order valence-corrected chi connectivity index (χ4v) is 4.53. The number of ether oxygens (including phenoxy) is 2. The summed E-state index contributed by atoms with van der Waals surface area (Å²) < 4.78 is 41.3. The number of nitrogens with one attached hydrogen (secondary N) is 3. The van der Waals surface area contributed by atoms with Crippen LogP contribution in [0.4, 0.5) is 26.1 Å². The van der Waals surface area contributed by atoms with Crippen molar-refractivity contribution in [2.45, 2.75) is 43.4 Å². The van der Waals surface area contributed by atoms with Crippen LogP contribution in [0.2, 0.25) is 0 Å². The average molecular weight is 504 g/mol. The SMILES string of the molecule is CNc1cc(Nc2cccn([C@H]3CCOC[C@H]3OC)c2=O)nc2c(C(=O)N[C@H]3CCC3(F)F)cnn12. The molecule has 0 bridgehead atoms. The van der Waals surface area contributed by atoms with Gasteiger partial charge in [-0.25, -0.2) is 13.8 Å². The van der Waals surface area contributed by atoms with Crippen molar-refractivity contribution in [2.24, 2.45) is 0 Å². The quantitative estimate of drug-likeness (QED) is 0.448. The van der Waals surface area contributed by atoms with E-state index in [4.69, 9.17) is 9.47 Å². The summed E-state index contributed by atoms with van der Waals surface area (Å²) in [5, 5.41) is 12.6. The minimum atomic E-state index is -2.92. The predicted octanol–water partition coefficient (Wildman–Crippen LogP) is 2.18. The number of hydrogen-bond acceptors (Lipinski definition) is 8. The minimum absolute atomic E-state index is 0.0495. The Kier molecular flexibility index (Phi) is 6.35. The molecule has 1 saturated heterocycles. The van der Waals surface area contributed by atoms with E-state index in [9.17, 15) is 18.4 Å². The molecule has 0 spiro atoms. The number of carbonyl (C=O) groups excluding carboxylic acids is 1. The van der Waals surface area contributed by atoms with Crippen LogP contribution in [-0.2, 0) is 9.47 Å². The van der Waals surface area contributed by atoms with Gasteiger partial charge in [-0.1, -0.05) is 0 Å². The average Bonchev–Trinajstić information content (AvgIpc) is 3.31. The van der Waals surface area contributed by atoms with Crippen molar-refractivity contribution < 1.29 is 23.0 Å². The Hall–Kier alpha value is -3.58. The van der Waals surface area contributed by atoms with Crippen LogP contribution in [0, 0.1) is 0 Å². The second-order valence-electron chi connectivity index (χ2n) is 8.86. The molecule has 0 aromatic carbocycles. The molecule has 1 saturated carbocycles. The molecule has 4 heterocycles. The molecule has 11 nitrogen and oxygen atoms in total. The van der Waals surface area contributed by atoms with E-state index in [-0.39, 0.29) is 53.3 Å². The molecule has 5 rings (SSSR count). The molecule has 192 valence electrons. The molecule has 2 aliphatic rings. The van der Waals surface area contributed by atoms with Crippen molar-refractivity contribution in [2.75, 3.05) is 38.0 Å². The van der Waals surface area contributed by atoms with Gasteiger partial charge in [0.05, 0.1) is 24.9 Å². The van der Waals surface area contributed by atoms with Gasteiger partial charge in [0.2, 0.25) is 0 Å². The molecular formula is C23H27F2N7O4. The van der Waals surface area contributed by atoms with E-state index in [2.05, 4.69) is 26.0 Å². The van der Waals surface area contributed by atoms with Gasteiger partial charge in [0.15, 0.2) is 5.65 Å². The van der Waals surface area contributed by atoms with Gasteiger partial charge < -0.3 is 30.0 Å². The fraction of sp³-hybridized carbons (Fsp3) is 0.478. The third kappa shape index (κ3) is 4.28. The van der Waals surface area contributed by atoms with E-state index < -0.39 is 17.9 Å². The van der Waals surface area contributed by atoms with Gasteiger partial charge in [-0.15, -0.1) is 0 Å². The summed E-state index contributed by atoms with van der Waals surface area (Å²) in [6, 6.07) is 3.61. The summed E-state index contributed by atoms with van der Waals surface area (Å²) in [5.41, 5.74) is 0.216. The molecule has 13 heteroatoms. The zero-order valence-corrected chi connectivity index (χ0v) is 19.8. The third-order valence-electron chi connectivity index (χ3n) is 6.72. The van der Waals surface area contributed by atoms with Gasteiger partial charge >= 0.3 is 0 Å². The van der Waals surface area contributed by atoms with Crippen molar-refractivity contribution in [1.82, 2.24) is 24.5 Å². The highest BCUT2D eigenvalue weighted by atomic mass is 19.3. The second-order valence-corrected chi connectivity index (χ2v) is 8.86. The van der Waals surface area contributed by atoms with Crippen molar-refractivity contribution in [1.29, 1.82) is 0 Å². The monoisotopic (exact) mass is 503 g/mol.